The second kappa shape index (κ2) is 9.84. The molecule has 0 fully saturated rings. The van der Waals surface area contributed by atoms with Crippen molar-refractivity contribution in [3.05, 3.63) is 29.8 Å². The Kier molecular flexibility index (Phi) is 9.24. The first-order valence-electron chi connectivity index (χ1n) is 8.18. The van der Waals surface area contributed by atoms with Crippen LogP contribution in [0.1, 0.15) is 47.1 Å². The Bertz CT molecular complexity index is 578. The zero-order chi connectivity index (χ0) is 18.4. The number of amides is 1. The van der Waals surface area contributed by atoms with E-state index in [9.17, 15) is 4.79 Å². The van der Waals surface area contributed by atoms with Crippen molar-refractivity contribution in [1.82, 2.24) is 5.32 Å². The van der Waals surface area contributed by atoms with Gasteiger partial charge in [0.15, 0.2) is 5.96 Å². The summed E-state index contributed by atoms with van der Waals surface area (Å²) in [4.78, 5) is 16.1. The molecule has 0 radical (unpaired) electrons. The first-order valence-corrected chi connectivity index (χ1v) is 8.18. The largest absolute Gasteiger partial charge is 0.444 e. The molecule has 25 heavy (non-hydrogen) atoms. The standard InChI is InChI=1S/C18H30N4O2.HI/c1-7-13-8-10-14(11-9-13)21-15(19)20-12-18(5,6)22-16(23)24-17(2,3)4;/h8-11H,7,12H2,1-6H3,(H,22,23)(H3,19,20,21);1H. The van der Waals surface area contributed by atoms with E-state index in [2.05, 4.69) is 22.5 Å². The maximum atomic E-state index is 11.8. The number of nitrogens with two attached hydrogens (primary N) is 1. The van der Waals surface area contributed by atoms with Crippen molar-refractivity contribution in [1.29, 1.82) is 0 Å². The number of anilines is 1. The molecule has 7 heteroatoms. The number of carbonyl (C=O) groups is 1. The number of halogens is 1. The smallest absolute Gasteiger partial charge is 0.408 e. The highest BCUT2D eigenvalue weighted by Crippen LogP contribution is 2.11. The number of alkyl carbamates (subject to hydrolysis) is 1. The molecular weight excluding hydrogens is 431 g/mol. The molecule has 0 bridgehead atoms. The number of hydrogen-bond donors (Lipinski definition) is 3. The van der Waals surface area contributed by atoms with Gasteiger partial charge in [-0.05, 0) is 58.7 Å². The highest BCUT2D eigenvalue weighted by atomic mass is 127. The molecule has 4 N–H and O–H groups in total. The van der Waals surface area contributed by atoms with Crippen molar-refractivity contribution in [2.75, 3.05) is 11.9 Å². The molecule has 0 saturated heterocycles. The van der Waals surface area contributed by atoms with Crippen LogP contribution in [0.5, 0.6) is 0 Å². The highest BCUT2D eigenvalue weighted by molar-refractivity contribution is 14.0. The van der Waals surface area contributed by atoms with Crippen LogP contribution in [0.15, 0.2) is 29.3 Å². The molecule has 6 nitrogen and oxygen atoms in total. The molecule has 0 aliphatic heterocycles. The summed E-state index contributed by atoms with van der Waals surface area (Å²) >= 11 is 0. The average molecular weight is 462 g/mol. The SMILES string of the molecule is CCc1ccc(NC(N)=NCC(C)(C)NC(=O)OC(C)(C)C)cc1.I. The van der Waals surface area contributed by atoms with Crippen LogP contribution in [0.2, 0.25) is 0 Å². The van der Waals surface area contributed by atoms with Crippen molar-refractivity contribution in [3.8, 4) is 0 Å². The minimum Gasteiger partial charge on any atom is -0.444 e. The lowest BCUT2D eigenvalue weighted by atomic mass is 10.1. The van der Waals surface area contributed by atoms with Crippen LogP contribution >= 0.6 is 24.0 Å². The van der Waals surface area contributed by atoms with E-state index in [-0.39, 0.29) is 24.0 Å². The van der Waals surface area contributed by atoms with Gasteiger partial charge in [-0.2, -0.15) is 0 Å². The maximum Gasteiger partial charge on any atom is 0.408 e. The van der Waals surface area contributed by atoms with E-state index < -0.39 is 17.2 Å². The number of guanidine groups is 1. The van der Waals surface area contributed by atoms with E-state index in [4.69, 9.17) is 10.5 Å². The molecule has 0 spiro atoms. The van der Waals surface area contributed by atoms with Crippen molar-refractivity contribution in [2.24, 2.45) is 10.7 Å². The van der Waals surface area contributed by atoms with Gasteiger partial charge in [0.1, 0.15) is 5.60 Å². The van der Waals surface area contributed by atoms with Gasteiger partial charge in [-0.1, -0.05) is 19.1 Å². The Morgan fingerprint density at radius 1 is 1.16 bits per heavy atom. The second-order valence-electron chi connectivity index (χ2n) is 7.39. The molecule has 0 aliphatic rings. The number of nitrogens with one attached hydrogen (secondary N) is 2. The van der Waals surface area contributed by atoms with Crippen LogP contribution < -0.4 is 16.4 Å². The molecule has 0 aliphatic carbocycles. The lowest BCUT2D eigenvalue weighted by Crippen LogP contribution is -2.48. The molecule has 0 heterocycles. The molecule has 1 aromatic rings. The summed E-state index contributed by atoms with van der Waals surface area (Å²) in [5.41, 5.74) is 6.95. The maximum absolute atomic E-state index is 11.8. The van der Waals surface area contributed by atoms with Gasteiger partial charge in [0.25, 0.3) is 0 Å². The summed E-state index contributed by atoms with van der Waals surface area (Å²) in [7, 11) is 0. The first kappa shape index (κ1) is 23.5. The van der Waals surface area contributed by atoms with Gasteiger partial charge in [-0.3, -0.25) is 4.99 Å². The summed E-state index contributed by atoms with van der Waals surface area (Å²) in [6.07, 6.45) is 0.526. The third-order valence-electron chi connectivity index (χ3n) is 3.12. The van der Waals surface area contributed by atoms with Gasteiger partial charge in [0.2, 0.25) is 0 Å². The Morgan fingerprint density at radius 2 is 1.72 bits per heavy atom. The number of aliphatic imine (C=N–C) groups is 1. The lowest BCUT2D eigenvalue weighted by Gasteiger charge is -2.27. The minimum atomic E-state index is -0.569. The van der Waals surface area contributed by atoms with Crippen LogP contribution in [0, 0.1) is 0 Å². The Hall–Kier alpha value is -1.51. The monoisotopic (exact) mass is 462 g/mol. The van der Waals surface area contributed by atoms with Crippen LogP contribution in [0.4, 0.5) is 10.5 Å². The van der Waals surface area contributed by atoms with Crippen LogP contribution in [0.3, 0.4) is 0 Å². The Morgan fingerprint density at radius 3 is 2.20 bits per heavy atom. The average Bonchev–Trinajstić information content (AvgIpc) is 2.43. The van der Waals surface area contributed by atoms with Crippen molar-refractivity contribution in [3.63, 3.8) is 0 Å². The van der Waals surface area contributed by atoms with E-state index in [1.165, 1.54) is 5.56 Å². The fourth-order valence-corrected chi connectivity index (χ4v) is 1.91. The number of carbonyl (C=O) groups excluding carboxylic acids is 1. The number of ether oxygens (including phenoxy) is 1. The molecule has 0 aromatic heterocycles. The Labute approximate surface area is 168 Å². The van der Waals surface area contributed by atoms with Gasteiger partial charge in [0.05, 0.1) is 12.1 Å². The number of nitrogens with zero attached hydrogens (tertiary/aromatic N) is 1. The molecule has 0 atom stereocenters. The zero-order valence-corrected chi connectivity index (χ0v) is 18.3. The first-order chi connectivity index (χ1) is 11.0. The predicted octanol–water partition coefficient (Wildman–Crippen LogP) is 3.90. The van der Waals surface area contributed by atoms with Crippen molar-refractivity contribution >= 4 is 41.7 Å². The number of hydrogen-bond acceptors (Lipinski definition) is 3. The normalized spacial score (nSPS) is 12.2. The topological polar surface area (TPSA) is 88.7 Å². The van der Waals surface area contributed by atoms with Gasteiger partial charge in [-0.15, -0.1) is 24.0 Å². The molecule has 1 aromatic carbocycles. The predicted molar refractivity (Wildman–Crippen MR) is 115 cm³/mol. The lowest BCUT2D eigenvalue weighted by molar-refractivity contribution is 0.0476. The van der Waals surface area contributed by atoms with Gasteiger partial charge < -0.3 is 21.1 Å². The van der Waals surface area contributed by atoms with E-state index in [0.29, 0.717) is 12.5 Å². The number of benzene rings is 1. The van der Waals surface area contributed by atoms with Crippen LogP contribution in [-0.2, 0) is 11.2 Å². The number of rotatable bonds is 5. The number of aryl methyl sites for hydroxylation is 1. The summed E-state index contributed by atoms with van der Waals surface area (Å²) in [5, 5.41) is 5.84. The molecule has 1 amide bonds. The minimum absolute atomic E-state index is 0. The molecule has 1 rings (SSSR count). The third-order valence-corrected chi connectivity index (χ3v) is 3.12. The molecule has 0 unspecified atom stereocenters. The quantitative estimate of drug-likeness (QED) is 0.352. The van der Waals surface area contributed by atoms with Crippen LogP contribution in [0.25, 0.3) is 0 Å². The third kappa shape index (κ3) is 10.2. The fourth-order valence-electron chi connectivity index (χ4n) is 1.91. The molecule has 0 saturated carbocycles. The summed E-state index contributed by atoms with van der Waals surface area (Å²) in [6, 6.07) is 8.02. The van der Waals surface area contributed by atoms with Gasteiger partial charge >= 0.3 is 6.09 Å². The van der Waals surface area contributed by atoms with Gasteiger partial charge in [-0.25, -0.2) is 4.79 Å². The van der Waals surface area contributed by atoms with E-state index in [1.807, 2.05) is 58.9 Å². The summed E-state index contributed by atoms with van der Waals surface area (Å²) < 4.78 is 5.25. The zero-order valence-electron chi connectivity index (χ0n) is 16.0. The Balaban J connectivity index is 0.00000576. The molecule has 142 valence electrons. The van der Waals surface area contributed by atoms with Crippen molar-refractivity contribution in [2.45, 2.75) is 59.1 Å². The van der Waals surface area contributed by atoms with E-state index in [0.717, 1.165) is 12.1 Å². The van der Waals surface area contributed by atoms with E-state index >= 15 is 0 Å². The second-order valence-corrected chi connectivity index (χ2v) is 7.39. The van der Waals surface area contributed by atoms with Crippen molar-refractivity contribution < 1.29 is 9.53 Å². The van der Waals surface area contributed by atoms with Gasteiger partial charge in [0, 0.05) is 5.69 Å². The molecular formula is C18H31IN4O2. The summed E-state index contributed by atoms with van der Waals surface area (Å²) in [5.74, 6) is 0.304. The highest BCUT2D eigenvalue weighted by Gasteiger charge is 2.24. The van der Waals surface area contributed by atoms with Crippen LogP contribution in [-0.4, -0.2) is 29.7 Å². The van der Waals surface area contributed by atoms with E-state index in [1.54, 1.807) is 0 Å². The summed E-state index contributed by atoms with van der Waals surface area (Å²) in [6.45, 7) is 11.6. The fraction of sp³-hybridized carbons (Fsp3) is 0.556.